The first-order valence-corrected chi connectivity index (χ1v) is 7.57. The number of hydrogen-bond acceptors (Lipinski definition) is 6. The third-order valence-corrected chi connectivity index (χ3v) is 3.71. The smallest absolute Gasteiger partial charge is 0.328 e. The summed E-state index contributed by atoms with van der Waals surface area (Å²) in [7, 11) is 1.56. The van der Waals surface area contributed by atoms with Gasteiger partial charge in [0.25, 0.3) is 0 Å². The summed E-state index contributed by atoms with van der Waals surface area (Å²) < 4.78 is 10.0. The van der Waals surface area contributed by atoms with Crippen LogP contribution in [-0.4, -0.2) is 41.6 Å². The van der Waals surface area contributed by atoms with Gasteiger partial charge in [0.05, 0.1) is 20.1 Å². The predicted octanol–water partition coefficient (Wildman–Crippen LogP) is 1.13. The van der Waals surface area contributed by atoms with E-state index in [1.54, 1.807) is 25.6 Å². The molecule has 7 nitrogen and oxygen atoms in total. The number of esters is 1. The van der Waals surface area contributed by atoms with Crippen LogP contribution in [-0.2, 0) is 20.7 Å². The van der Waals surface area contributed by atoms with Crippen LogP contribution in [0.3, 0.4) is 0 Å². The number of rotatable bonds is 5. The van der Waals surface area contributed by atoms with Crippen molar-refractivity contribution in [2.45, 2.75) is 18.9 Å². The van der Waals surface area contributed by atoms with Crippen LogP contribution in [0.25, 0.3) is 11.1 Å². The molecule has 0 unspecified atom stereocenters. The van der Waals surface area contributed by atoms with Crippen molar-refractivity contribution >= 4 is 11.9 Å². The van der Waals surface area contributed by atoms with Crippen molar-refractivity contribution in [3.05, 3.63) is 42.4 Å². The average molecular weight is 327 g/mol. The van der Waals surface area contributed by atoms with Gasteiger partial charge in [0, 0.05) is 35.6 Å². The van der Waals surface area contributed by atoms with E-state index in [2.05, 4.69) is 15.3 Å². The van der Waals surface area contributed by atoms with Gasteiger partial charge in [0.2, 0.25) is 11.8 Å². The summed E-state index contributed by atoms with van der Waals surface area (Å²) >= 11 is 0. The van der Waals surface area contributed by atoms with Crippen LogP contribution in [0.4, 0.5) is 0 Å². The van der Waals surface area contributed by atoms with Crippen LogP contribution < -0.4 is 10.1 Å². The van der Waals surface area contributed by atoms with Crippen LogP contribution in [0.5, 0.6) is 5.88 Å². The molecule has 3 rings (SSSR count). The highest BCUT2D eigenvalue weighted by Gasteiger charge is 2.27. The molecule has 0 bridgehead atoms. The van der Waals surface area contributed by atoms with Crippen molar-refractivity contribution in [1.82, 2.24) is 15.3 Å². The molecule has 3 heterocycles. The fourth-order valence-corrected chi connectivity index (χ4v) is 2.50. The van der Waals surface area contributed by atoms with E-state index in [9.17, 15) is 9.59 Å². The predicted molar refractivity (Wildman–Crippen MR) is 85.2 cm³/mol. The van der Waals surface area contributed by atoms with E-state index in [4.69, 9.17) is 9.47 Å². The summed E-state index contributed by atoms with van der Waals surface area (Å²) in [5.74, 6) is -0.113. The van der Waals surface area contributed by atoms with Gasteiger partial charge in [-0.25, -0.2) is 9.78 Å². The molecule has 0 spiro atoms. The lowest BCUT2D eigenvalue weighted by molar-refractivity contribution is -0.141. The SMILES string of the molecule is COc1ncccc1-c1ccc(CC(=O)N[C@@H]2CCOC2=O)nc1. The third kappa shape index (κ3) is 3.51. The van der Waals surface area contributed by atoms with E-state index in [1.807, 2.05) is 18.2 Å². The molecule has 1 aliphatic rings. The molecule has 1 saturated heterocycles. The maximum Gasteiger partial charge on any atom is 0.328 e. The second-order valence-corrected chi connectivity index (χ2v) is 5.35. The molecule has 1 aliphatic heterocycles. The summed E-state index contributed by atoms with van der Waals surface area (Å²) in [6, 6.07) is 6.80. The third-order valence-electron chi connectivity index (χ3n) is 3.71. The zero-order valence-electron chi connectivity index (χ0n) is 13.2. The number of amides is 1. The summed E-state index contributed by atoms with van der Waals surface area (Å²) in [5.41, 5.74) is 2.30. The molecule has 0 aromatic carbocycles. The van der Waals surface area contributed by atoms with Crippen LogP contribution >= 0.6 is 0 Å². The van der Waals surface area contributed by atoms with E-state index < -0.39 is 6.04 Å². The Bertz CT molecular complexity index is 746. The van der Waals surface area contributed by atoms with Crippen molar-refractivity contribution in [3.8, 4) is 17.0 Å². The molecule has 7 heteroatoms. The minimum Gasteiger partial charge on any atom is -0.481 e. The fraction of sp³-hybridized carbons (Fsp3) is 0.294. The van der Waals surface area contributed by atoms with Crippen LogP contribution in [0, 0.1) is 0 Å². The molecule has 1 N–H and O–H groups in total. The van der Waals surface area contributed by atoms with Gasteiger partial charge >= 0.3 is 5.97 Å². The van der Waals surface area contributed by atoms with Crippen LogP contribution in [0.15, 0.2) is 36.7 Å². The number of methoxy groups -OCH3 is 1. The molecule has 1 atom stereocenters. The van der Waals surface area contributed by atoms with Crippen molar-refractivity contribution < 1.29 is 19.1 Å². The Balaban J connectivity index is 1.66. The van der Waals surface area contributed by atoms with E-state index >= 15 is 0 Å². The largest absolute Gasteiger partial charge is 0.481 e. The van der Waals surface area contributed by atoms with E-state index in [0.29, 0.717) is 24.6 Å². The Labute approximate surface area is 139 Å². The second-order valence-electron chi connectivity index (χ2n) is 5.35. The molecular formula is C17H17N3O4. The lowest BCUT2D eigenvalue weighted by Gasteiger charge is -2.09. The average Bonchev–Trinajstić information content (AvgIpc) is 3.00. The zero-order valence-corrected chi connectivity index (χ0v) is 13.2. The van der Waals surface area contributed by atoms with Crippen LogP contribution in [0.1, 0.15) is 12.1 Å². The van der Waals surface area contributed by atoms with Gasteiger partial charge in [-0.05, 0) is 18.2 Å². The Morgan fingerprint density at radius 2 is 2.25 bits per heavy atom. The number of nitrogens with zero attached hydrogens (tertiary/aromatic N) is 2. The van der Waals surface area contributed by atoms with Gasteiger partial charge in [-0.3, -0.25) is 9.78 Å². The van der Waals surface area contributed by atoms with E-state index in [-0.39, 0.29) is 18.3 Å². The lowest BCUT2D eigenvalue weighted by Crippen LogP contribution is -2.38. The number of ether oxygens (including phenoxy) is 2. The summed E-state index contributed by atoms with van der Waals surface area (Å²) in [6.07, 6.45) is 3.94. The highest BCUT2D eigenvalue weighted by Crippen LogP contribution is 2.26. The maximum atomic E-state index is 12.0. The summed E-state index contributed by atoms with van der Waals surface area (Å²) in [6.45, 7) is 0.351. The summed E-state index contributed by atoms with van der Waals surface area (Å²) in [4.78, 5) is 31.8. The number of cyclic esters (lactones) is 1. The van der Waals surface area contributed by atoms with Crippen molar-refractivity contribution in [2.75, 3.05) is 13.7 Å². The second kappa shape index (κ2) is 7.08. The number of carbonyl (C=O) groups excluding carboxylic acids is 2. The normalized spacial score (nSPS) is 16.5. The van der Waals surface area contributed by atoms with Gasteiger partial charge in [-0.1, -0.05) is 6.07 Å². The summed E-state index contributed by atoms with van der Waals surface area (Å²) in [5, 5.41) is 2.66. The Morgan fingerprint density at radius 3 is 2.92 bits per heavy atom. The van der Waals surface area contributed by atoms with Crippen molar-refractivity contribution in [2.24, 2.45) is 0 Å². The number of nitrogens with one attached hydrogen (secondary N) is 1. The molecule has 1 fully saturated rings. The molecule has 124 valence electrons. The molecule has 2 aromatic heterocycles. The van der Waals surface area contributed by atoms with Gasteiger partial charge in [-0.15, -0.1) is 0 Å². The molecular weight excluding hydrogens is 310 g/mol. The number of aromatic nitrogens is 2. The monoisotopic (exact) mass is 327 g/mol. The number of pyridine rings is 2. The lowest BCUT2D eigenvalue weighted by atomic mass is 10.1. The van der Waals surface area contributed by atoms with Gasteiger partial charge < -0.3 is 14.8 Å². The van der Waals surface area contributed by atoms with E-state index in [1.165, 1.54) is 0 Å². The number of carbonyl (C=O) groups is 2. The van der Waals surface area contributed by atoms with E-state index in [0.717, 1.165) is 11.1 Å². The molecule has 2 aromatic rings. The first-order valence-electron chi connectivity index (χ1n) is 7.57. The van der Waals surface area contributed by atoms with Gasteiger partial charge in [-0.2, -0.15) is 0 Å². The quantitative estimate of drug-likeness (QED) is 0.828. The molecule has 0 aliphatic carbocycles. The first-order chi connectivity index (χ1) is 11.7. The highest BCUT2D eigenvalue weighted by atomic mass is 16.5. The Hall–Kier alpha value is -2.96. The highest BCUT2D eigenvalue weighted by molar-refractivity contribution is 5.86. The van der Waals surface area contributed by atoms with Crippen molar-refractivity contribution in [1.29, 1.82) is 0 Å². The topological polar surface area (TPSA) is 90.4 Å². The van der Waals surface area contributed by atoms with Crippen molar-refractivity contribution in [3.63, 3.8) is 0 Å². The van der Waals surface area contributed by atoms with Crippen LogP contribution in [0.2, 0.25) is 0 Å². The maximum absolute atomic E-state index is 12.0. The zero-order chi connectivity index (χ0) is 16.9. The van der Waals surface area contributed by atoms with Gasteiger partial charge in [0.1, 0.15) is 6.04 Å². The first kappa shape index (κ1) is 15.9. The molecule has 1 amide bonds. The number of hydrogen-bond donors (Lipinski definition) is 1. The Kier molecular flexibility index (Phi) is 4.69. The fourth-order valence-electron chi connectivity index (χ4n) is 2.50. The standard InChI is InChI=1S/C17H17N3O4/c1-23-16-13(3-2-7-18-16)11-4-5-12(19-10-11)9-15(21)20-14-6-8-24-17(14)22/h2-5,7,10,14H,6,8-9H2,1H3,(H,20,21)/t14-/m1/s1. The molecule has 0 radical (unpaired) electrons. The Morgan fingerprint density at radius 1 is 1.38 bits per heavy atom. The minimum absolute atomic E-state index is 0.105. The minimum atomic E-state index is -0.545. The molecule has 0 saturated carbocycles. The van der Waals surface area contributed by atoms with Gasteiger partial charge in [0.15, 0.2) is 0 Å². The molecule has 24 heavy (non-hydrogen) atoms.